The highest BCUT2D eigenvalue weighted by Crippen LogP contribution is 2.36. The predicted octanol–water partition coefficient (Wildman–Crippen LogP) is 4.81. The van der Waals surface area contributed by atoms with E-state index in [0.717, 1.165) is 30.9 Å². The van der Waals surface area contributed by atoms with Gasteiger partial charge in [-0.25, -0.2) is 0 Å². The van der Waals surface area contributed by atoms with E-state index in [9.17, 15) is 4.79 Å². The lowest BCUT2D eigenvalue weighted by molar-refractivity contribution is -0.105. The first-order valence-electron chi connectivity index (χ1n) is 9.81. The molecule has 2 heterocycles. The molecule has 2 N–H and O–H groups in total. The predicted molar refractivity (Wildman–Crippen MR) is 113 cm³/mol. The van der Waals surface area contributed by atoms with E-state index in [1.165, 1.54) is 41.9 Å². The number of nitrogens with one attached hydrogen (secondary N) is 2. The second-order valence-corrected chi connectivity index (χ2v) is 7.39. The average Bonchev–Trinajstić information content (AvgIpc) is 2.93. The minimum Gasteiger partial charge on any atom is -0.320 e. The van der Waals surface area contributed by atoms with Crippen LogP contribution in [-0.4, -0.2) is 37.0 Å². The van der Waals surface area contributed by atoms with E-state index in [-0.39, 0.29) is 0 Å². The molecule has 2 rings (SSSR count). The first-order valence-corrected chi connectivity index (χ1v) is 10.6. The van der Waals surface area contributed by atoms with Crippen LogP contribution in [0.1, 0.15) is 70.4 Å². The van der Waals surface area contributed by atoms with Gasteiger partial charge in [0.1, 0.15) is 0 Å². The van der Waals surface area contributed by atoms with E-state index >= 15 is 0 Å². The van der Waals surface area contributed by atoms with E-state index in [1.54, 1.807) is 11.3 Å². The van der Waals surface area contributed by atoms with Gasteiger partial charge in [0.25, 0.3) is 0 Å². The zero-order chi connectivity index (χ0) is 19.2. The average molecular weight is 370 g/mol. The SMILES string of the molecule is CC.CCCNCCC.Cc1c(NC=O)sc2c1CCN(C(C)C)C2. The standard InChI is InChI=1S/C12H18N2OS.C6H15N.C2H6/c1-8(2)14-5-4-10-9(3)12(13-7-15)16-11(10)6-14;1-3-5-7-6-4-2;1-2/h7-8H,4-6H2,1-3H3,(H,13,15);7H,3-6H2,1-2H3;1-2H3. The molecular formula is C20H39N3OS. The Labute approximate surface area is 159 Å². The van der Waals surface area contributed by atoms with Crippen molar-refractivity contribution in [2.24, 2.45) is 0 Å². The van der Waals surface area contributed by atoms with Crippen molar-refractivity contribution in [1.29, 1.82) is 0 Å². The zero-order valence-corrected chi connectivity index (χ0v) is 18.2. The van der Waals surface area contributed by atoms with Crippen LogP contribution in [0.3, 0.4) is 0 Å². The number of nitrogens with zero attached hydrogens (tertiary/aromatic N) is 1. The van der Waals surface area contributed by atoms with E-state index in [2.05, 4.69) is 50.2 Å². The highest BCUT2D eigenvalue weighted by atomic mass is 32.1. The second kappa shape index (κ2) is 14.3. The molecule has 1 aliphatic rings. The van der Waals surface area contributed by atoms with Crippen LogP contribution in [0.5, 0.6) is 0 Å². The maximum Gasteiger partial charge on any atom is 0.212 e. The number of hydrogen-bond acceptors (Lipinski definition) is 4. The van der Waals surface area contributed by atoms with Gasteiger partial charge in [0, 0.05) is 24.0 Å². The summed E-state index contributed by atoms with van der Waals surface area (Å²) in [4.78, 5) is 14.4. The van der Waals surface area contributed by atoms with Gasteiger partial charge in [0.2, 0.25) is 6.41 Å². The van der Waals surface area contributed by atoms with E-state index < -0.39 is 0 Å². The molecule has 0 aromatic carbocycles. The Kier molecular flexibility index (Phi) is 13.8. The molecule has 1 aromatic rings. The number of rotatable bonds is 7. The van der Waals surface area contributed by atoms with Crippen LogP contribution >= 0.6 is 11.3 Å². The summed E-state index contributed by atoms with van der Waals surface area (Å²) >= 11 is 1.72. The molecule has 146 valence electrons. The van der Waals surface area contributed by atoms with Gasteiger partial charge in [-0.2, -0.15) is 0 Å². The third-order valence-corrected chi connectivity index (χ3v) is 5.37. The first-order chi connectivity index (χ1) is 12.0. The maximum atomic E-state index is 10.5. The van der Waals surface area contributed by atoms with Crippen molar-refractivity contribution in [3.8, 4) is 0 Å². The van der Waals surface area contributed by atoms with Crippen molar-refractivity contribution in [3.05, 3.63) is 16.0 Å². The quantitative estimate of drug-likeness (QED) is 0.535. The molecule has 0 atom stereocenters. The lowest BCUT2D eigenvalue weighted by atomic mass is 10.0. The second-order valence-electron chi connectivity index (χ2n) is 6.28. The summed E-state index contributed by atoms with van der Waals surface area (Å²) < 4.78 is 0. The van der Waals surface area contributed by atoms with Crippen LogP contribution < -0.4 is 10.6 Å². The first kappa shape index (κ1) is 24.1. The summed E-state index contributed by atoms with van der Waals surface area (Å²) in [6.45, 7) is 19.4. The van der Waals surface area contributed by atoms with Gasteiger partial charge >= 0.3 is 0 Å². The molecule has 0 unspecified atom stereocenters. The third-order valence-electron chi connectivity index (χ3n) is 4.12. The molecular weight excluding hydrogens is 330 g/mol. The molecule has 0 aliphatic carbocycles. The molecule has 1 aliphatic heterocycles. The van der Waals surface area contributed by atoms with Crippen LogP contribution in [0.2, 0.25) is 0 Å². The monoisotopic (exact) mass is 369 g/mol. The fraction of sp³-hybridized carbons (Fsp3) is 0.750. The molecule has 0 bridgehead atoms. The minimum absolute atomic E-state index is 0.595. The van der Waals surface area contributed by atoms with E-state index in [0.29, 0.717) is 6.04 Å². The van der Waals surface area contributed by atoms with Gasteiger partial charge in [-0.15, -0.1) is 11.3 Å². The topological polar surface area (TPSA) is 44.4 Å². The summed E-state index contributed by atoms with van der Waals surface area (Å²) in [6.07, 6.45) is 4.38. The van der Waals surface area contributed by atoms with Crippen molar-refractivity contribution in [3.63, 3.8) is 0 Å². The smallest absolute Gasteiger partial charge is 0.212 e. The lowest BCUT2D eigenvalue weighted by Crippen LogP contribution is -2.35. The van der Waals surface area contributed by atoms with Gasteiger partial charge in [-0.3, -0.25) is 9.69 Å². The van der Waals surface area contributed by atoms with Gasteiger partial charge in [0.15, 0.2) is 0 Å². The van der Waals surface area contributed by atoms with Crippen molar-refractivity contribution >= 4 is 22.7 Å². The number of carbonyl (C=O) groups excluding carboxylic acids is 1. The number of anilines is 1. The summed E-state index contributed by atoms with van der Waals surface area (Å²) in [5.74, 6) is 0. The van der Waals surface area contributed by atoms with Crippen LogP contribution in [0.4, 0.5) is 5.00 Å². The molecule has 0 radical (unpaired) electrons. The number of thiophene rings is 1. The van der Waals surface area contributed by atoms with Crippen LogP contribution in [0, 0.1) is 6.92 Å². The Morgan fingerprint density at radius 3 is 2.28 bits per heavy atom. The Morgan fingerprint density at radius 1 is 1.20 bits per heavy atom. The molecule has 25 heavy (non-hydrogen) atoms. The summed E-state index contributed by atoms with van der Waals surface area (Å²) in [5.41, 5.74) is 2.71. The Hall–Kier alpha value is -0.910. The summed E-state index contributed by atoms with van der Waals surface area (Å²) in [7, 11) is 0. The number of hydrogen-bond donors (Lipinski definition) is 2. The van der Waals surface area contributed by atoms with Gasteiger partial charge in [0.05, 0.1) is 5.00 Å². The lowest BCUT2D eigenvalue weighted by Gasteiger charge is -2.30. The van der Waals surface area contributed by atoms with Crippen molar-refractivity contribution < 1.29 is 4.79 Å². The molecule has 1 aromatic heterocycles. The van der Waals surface area contributed by atoms with Crippen molar-refractivity contribution in [2.45, 2.75) is 80.3 Å². The largest absolute Gasteiger partial charge is 0.320 e. The van der Waals surface area contributed by atoms with Crippen molar-refractivity contribution in [1.82, 2.24) is 10.2 Å². The normalized spacial score (nSPS) is 13.3. The minimum atomic E-state index is 0.595. The zero-order valence-electron chi connectivity index (χ0n) is 17.4. The Bertz CT molecular complexity index is 468. The number of carbonyl (C=O) groups is 1. The molecule has 5 heteroatoms. The highest BCUT2D eigenvalue weighted by Gasteiger charge is 2.23. The highest BCUT2D eigenvalue weighted by molar-refractivity contribution is 7.16. The molecule has 4 nitrogen and oxygen atoms in total. The van der Waals surface area contributed by atoms with Crippen molar-refractivity contribution in [2.75, 3.05) is 25.0 Å². The molecule has 1 amide bonds. The molecule has 0 saturated carbocycles. The van der Waals surface area contributed by atoms with Crippen LogP contribution in [0.15, 0.2) is 0 Å². The summed E-state index contributed by atoms with van der Waals surface area (Å²) in [5, 5.41) is 7.10. The van der Waals surface area contributed by atoms with Gasteiger partial charge < -0.3 is 10.6 Å². The van der Waals surface area contributed by atoms with Crippen LogP contribution in [-0.2, 0) is 17.8 Å². The maximum absolute atomic E-state index is 10.5. The third kappa shape index (κ3) is 8.34. The number of amides is 1. The fourth-order valence-electron chi connectivity index (χ4n) is 2.69. The summed E-state index contributed by atoms with van der Waals surface area (Å²) in [6, 6.07) is 0.595. The Morgan fingerprint density at radius 2 is 1.80 bits per heavy atom. The molecule has 0 spiro atoms. The molecule has 0 fully saturated rings. The van der Waals surface area contributed by atoms with E-state index in [4.69, 9.17) is 0 Å². The van der Waals surface area contributed by atoms with Crippen LogP contribution in [0.25, 0.3) is 0 Å². The number of fused-ring (bicyclic) bond motifs is 1. The van der Waals surface area contributed by atoms with Gasteiger partial charge in [-0.05, 0) is 64.3 Å². The fourth-order valence-corrected chi connectivity index (χ4v) is 3.93. The van der Waals surface area contributed by atoms with Gasteiger partial charge in [-0.1, -0.05) is 27.7 Å². The van der Waals surface area contributed by atoms with E-state index in [1.807, 2.05) is 13.8 Å². The molecule has 0 saturated heterocycles. The Balaban J connectivity index is 0.000000544.